The number of carboxylic acid groups (broad SMARTS) is 1. The van der Waals surface area contributed by atoms with Gasteiger partial charge in [-0.3, -0.25) is 9.78 Å². The first-order valence-electron chi connectivity index (χ1n) is 5.74. The van der Waals surface area contributed by atoms with Crippen molar-refractivity contribution in [3.63, 3.8) is 0 Å². The molecule has 1 aromatic heterocycles. The van der Waals surface area contributed by atoms with E-state index in [1.165, 1.54) is 24.4 Å². The second-order valence-electron chi connectivity index (χ2n) is 4.15. The van der Waals surface area contributed by atoms with Crippen molar-refractivity contribution in [3.8, 4) is 0 Å². The molecule has 5 nitrogen and oxygen atoms in total. The zero-order valence-electron chi connectivity index (χ0n) is 10.6. The maximum Gasteiger partial charge on any atom is 0.335 e. The molecular formula is C14H11ClN2O3. The third kappa shape index (κ3) is 3.13. The number of pyridine rings is 1. The molecule has 0 bridgehead atoms. The third-order valence-corrected chi connectivity index (χ3v) is 2.91. The number of carbonyl (C=O) groups is 2. The standard InChI is InChI=1S/C14H11ClN2O3/c1-8-6-9(14(19)20)2-3-11(8)17-13(18)12-7-10(15)4-5-16-12/h2-7H,1H3,(H,17,18)(H,19,20). The molecule has 0 fully saturated rings. The van der Waals surface area contributed by atoms with E-state index in [4.69, 9.17) is 16.7 Å². The normalized spacial score (nSPS) is 10.1. The van der Waals surface area contributed by atoms with Crippen LogP contribution in [0.15, 0.2) is 36.5 Å². The zero-order valence-corrected chi connectivity index (χ0v) is 11.3. The number of hydrogen-bond acceptors (Lipinski definition) is 3. The molecule has 0 saturated carbocycles. The Morgan fingerprint density at radius 2 is 2.00 bits per heavy atom. The summed E-state index contributed by atoms with van der Waals surface area (Å²) in [5.74, 6) is -1.42. The second kappa shape index (κ2) is 5.71. The summed E-state index contributed by atoms with van der Waals surface area (Å²) in [5.41, 5.74) is 1.54. The van der Waals surface area contributed by atoms with Crippen LogP contribution >= 0.6 is 11.6 Å². The van der Waals surface area contributed by atoms with Crippen LogP contribution in [0.1, 0.15) is 26.4 Å². The minimum Gasteiger partial charge on any atom is -0.478 e. The molecule has 20 heavy (non-hydrogen) atoms. The van der Waals surface area contributed by atoms with Crippen molar-refractivity contribution >= 4 is 29.2 Å². The van der Waals surface area contributed by atoms with Crippen LogP contribution in [0.5, 0.6) is 0 Å². The van der Waals surface area contributed by atoms with Crippen LogP contribution in [-0.2, 0) is 0 Å². The summed E-state index contributed by atoms with van der Waals surface area (Å²) in [7, 11) is 0. The van der Waals surface area contributed by atoms with Crippen LogP contribution in [0.25, 0.3) is 0 Å². The highest BCUT2D eigenvalue weighted by Gasteiger charge is 2.11. The molecule has 1 aromatic carbocycles. The van der Waals surface area contributed by atoms with E-state index in [0.29, 0.717) is 16.3 Å². The number of anilines is 1. The third-order valence-electron chi connectivity index (χ3n) is 2.68. The highest BCUT2D eigenvalue weighted by molar-refractivity contribution is 6.30. The van der Waals surface area contributed by atoms with Gasteiger partial charge in [0.05, 0.1) is 5.56 Å². The average Bonchev–Trinajstić information content (AvgIpc) is 2.40. The molecule has 0 aliphatic carbocycles. The van der Waals surface area contributed by atoms with Crippen molar-refractivity contribution in [3.05, 3.63) is 58.4 Å². The molecular weight excluding hydrogens is 280 g/mol. The summed E-state index contributed by atoms with van der Waals surface area (Å²) in [6.07, 6.45) is 1.44. The summed E-state index contributed by atoms with van der Waals surface area (Å²) in [6.45, 7) is 1.72. The topological polar surface area (TPSA) is 79.3 Å². The summed E-state index contributed by atoms with van der Waals surface area (Å²) in [4.78, 5) is 26.7. The summed E-state index contributed by atoms with van der Waals surface area (Å²) in [6, 6.07) is 7.49. The summed E-state index contributed by atoms with van der Waals surface area (Å²) < 4.78 is 0. The fraction of sp³-hybridized carbons (Fsp3) is 0.0714. The maximum absolute atomic E-state index is 12.0. The maximum atomic E-state index is 12.0. The van der Waals surface area contributed by atoms with E-state index in [1.807, 2.05) is 0 Å². The van der Waals surface area contributed by atoms with Crippen molar-refractivity contribution < 1.29 is 14.7 Å². The molecule has 0 unspecified atom stereocenters. The van der Waals surface area contributed by atoms with Crippen LogP contribution in [0.4, 0.5) is 5.69 Å². The first kappa shape index (κ1) is 14.0. The lowest BCUT2D eigenvalue weighted by Crippen LogP contribution is -2.14. The van der Waals surface area contributed by atoms with Crippen molar-refractivity contribution in [2.24, 2.45) is 0 Å². The van der Waals surface area contributed by atoms with E-state index >= 15 is 0 Å². The van der Waals surface area contributed by atoms with E-state index in [2.05, 4.69) is 10.3 Å². The van der Waals surface area contributed by atoms with Crippen molar-refractivity contribution in [2.75, 3.05) is 5.32 Å². The lowest BCUT2D eigenvalue weighted by molar-refractivity contribution is 0.0696. The zero-order chi connectivity index (χ0) is 14.7. The van der Waals surface area contributed by atoms with Gasteiger partial charge in [-0.25, -0.2) is 4.79 Å². The molecule has 1 heterocycles. The molecule has 2 aromatic rings. The number of nitrogens with one attached hydrogen (secondary N) is 1. The van der Waals surface area contributed by atoms with Crippen LogP contribution in [0, 0.1) is 6.92 Å². The monoisotopic (exact) mass is 290 g/mol. The van der Waals surface area contributed by atoms with Crippen LogP contribution < -0.4 is 5.32 Å². The smallest absolute Gasteiger partial charge is 0.335 e. The van der Waals surface area contributed by atoms with Crippen LogP contribution in [0.2, 0.25) is 5.02 Å². The Morgan fingerprint density at radius 1 is 1.25 bits per heavy atom. The van der Waals surface area contributed by atoms with Crippen LogP contribution in [-0.4, -0.2) is 22.0 Å². The lowest BCUT2D eigenvalue weighted by Gasteiger charge is -2.08. The van der Waals surface area contributed by atoms with Crippen molar-refractivity contribution in [1.82, 2.24) is 4.98 Å². The lowest BCUT2D eigenvalue weighted by atomic mass is 10.1. The average molecular weight is 291 g/mol. The van der Waals surface area contributed by atoms with Gasteiger partial charge >= 0.3 is 5.97 Å². The Balaban J connectivity index is 2.22. The van der Waals surface area contributed by atoms with Crippen molar-refractivity contribution in [1.29, 1.82) is 0 Å². The van der Waals surface area contributed by atoms with Gasteiger partial charge in [-0.2, -0.15) is 0 Å². The van der Waals surface area contributed by atoms with E-state index < -0.39 is 11.9 Å². The fourth-order valence-corrected chi connectivity index (χ4v) is 1.81. The van der Waals surface area contributed by atoms with Gasteiger partial charge in [0, 0.05) is 16.9 Å². The largest absolute Gasteiger partial charge is 0.478 e. The van der Waals surface area contributed by atoms with Gasteiger partial charge in [-0.1, -0.05) is 11.6 Å². The first-order valence-corrected chi connectivity index (χ1v) is 6.12. The molecule has 2 N–H and O–H groups in total. The van der Waals surface area contributed by atoms with Gasteiger partial charge in [0.2, 0.25) is 0 Å². The van der Waals surface area contributed by atoms with Gasteiger partial charge in [0.25, 0.3) is 5.91 Å². The minimum absolute atomic E-state index is 0.168. The SMILES string of the molecule is Cc1cc(C(=O)O)ccc1NC(=O)c1cc(Cl)ccn1. The van der Waals surface area contributed by atoms with E-state index in [0.717, 1.165) is 0 Å². The number of halogens is 1. The molecule has 0 radical (unpaired) electrons. The Kier molecular flexibility index (Phi) is 4.00. The molecule has 0 saturated heterocycles. The fourth-order valence-electron chi connectivity index (χ4n) is 1.65. The first-order chi connectivity index (χ1) is 9.47. The highest BCUT2D eigenvalue weighted by atomic mass is 35.5. The number of carboxylic acids is 1. The number of aryl methyl sites for hydroxylation is 1. The van der Waals surface area contributed by atoms with E-state index in [9.17, 15) is 9.59 Å². The Morgan fingerprint density at radius 3 is 2.60 bits per heavy atom. The van der Waals surface area contributed by atoms with E-state index in [1.54, 1.807) is 19.1 Å². The molecule has 2 rings (SSSR count). The van der Waals surface area contributed by atoms with Crippen LogP contribution in [0.3, 0.4) is 0 Å². The molecule has 0 atom stereocenters. The van der Waals surface area contributed by atoms with Gasteiger partial charge in [0.15, 0.2) is 0 Å². The molecule has 1 amide bonds. The Bertz CT molecular complexity index is 686. The Hall–Kier alpha value is -2.40. The highest BCUT2D eigenvalue weighted by Crippen LogP contribution is 2.18. The molecule has 0 spiro atoms. The number of carbonyl (C=O) groups excluding carboxylic acids is 1. The number of aromatic nitrogens is 1. The molecule has 0 aliphatic rings. The van der Waals surface area contributed by atoms with Gasteiger partial charge < -0.3 is 10.4 Å². The number of nitrogens with zero attached hydrogens (tertiary/aromatic N) is 1. The van der Waals surface area contributed by atoms with Gasteiger partial charge in [-0.05, 0) is 42.8 Å². The number of rotatable bonds is 3. The molecule has 6 heteroatoms. The minimum atomic E-state index is -1.01. The molecule has 102 valence electrons. The second-order valence-corrected chi connectivity index (χ2v) is 4.58. The molecule has 0 aliphatic heterocycles. The van der Waals surface area contributed by atoms with Gasteiger partial charge in [-0.15, -0.1) is 0 Å². The van der Waals surface area contributed by atoms with E-state index in [-0.39, 0.29) is 11.3 Å². The summed E-state index contributed by atoms with van der Waals surface area (Å²) in [5, 5.41) is 12.0. The Labute approximate surface area is 120 Å². The predicted octanol–water partition coefficient (Wildman–Crippen LogP) is 2.99. The quantitative estimate of drug-likeness (QED) is 0.911. The number of hydrogen-bond donors (Lipinski definition) is 2. The van der Waals surface area contributed by atoms with Crippen molar-refractivity contribution in [2.45, 2.75) is 6.92 Å². The number of amides is 1. The number of aromatic carboxylic acids is 1. The predicted molar refractivity (Wildman–Crippen MR) is 75.3 cm³/mol. The van der Waals surface area contributed by atoms with Gasteiger partial charge in [0.1, 0.15) is 5.69 Å². The summed E-state index contributed by atoms with van der Waals surface area (Å²) >= 11 is 5.79. The number of benzene rings is 1.